The standard InChI is InChI=1S/C11H21NO4/c1-4-5-6-16-10(15)11(12,9(13)14)7-8(2)3/h8H,4-7,12H2,1-3H3,(H,13,14)/t11-/m1/s1. The number of nitrogens with two attached hydrogens (primary N) is 1. The van der Waals surface area contributed by atoms with Crippen LogP contribution in [0.5, 0.6) is 0 Å². The Labute approximate surface area is 96.0 Å². The van der Waals surface area contributed by atoms with E-state index in [1.54, 1.807) is 0 Å². The van der Waals surface area contributed by atoms with Gasteiger partial charge in [0, 0.05) is 0 Å². The maximum absolute atomic E-state index is 11.6. The smallest absolute Gasteiger partial charge is 0.337 e. The first kappa shape index (κ1) is 14.9. The molecular formula is C11H21NO4. The number of esters is 1. The van der Waals surface area contributed by atoms with Crippen molar-refractivity contribution in [1.82, 2.24) is 0 Å². The Morgan fingerprint density at radius 2 is 2.00 bits per heavy atom. The molecular weight excluding hydrogens is 210 g/mol. The monoisotopic (exact) mass is 231 g/mol. The number of carbonyl (C=O) groups is 2. The van der Waals surface area contributed by atoms with Crippen molar-refractivity contribution in [3.63, 3.8) is 0 Å². The molecule has 0 aliphatic heterocycles. The molecule has 0 aromatic carbocycles. The van der Waals surface area contributed by atoms with Gasteiger partial charge in [-0.05, 0) is 18.8 Å². The van der Waals surface area contributed by atoms with E-state index in [4.69, 9.17) is 15.6 Å². The quantitative estimate of drug-likeness (QED) is 0.390. The van der Waals surface area contributed by atoms with Crippen molar-refractivity contribution in [2.75, 3.05) is 6.61 Å². The number of rotatable bonds is 7. The zero-order valence-electron chi connectivity index (χ0n) is 10.2. The lowest BCUT2D eigenvalue weighted by molar-refractivity contribution is -0.162. The molecule has 0 aliphatic rings. The Kier molecular flexibility index (Phi) is 6.03. The molecule has 0 spiro atoms. The van der Waals surface area contributed by atoms with Crippen molar-refractivity contribution < 1.29 is 19.4 Å². The summed E-state index contributed by atoms with van der Waals surface area (Å²) in [5.74, 6) is -2.16. The molecule has 5 heteroatoms. The lowest BCUT2D eigenvalue weighted by atomic mass is 9.90. The van der Waals surface area contributed by atoms with Crippen molar-refractivity contribution in [2.24, 2.45) is 11.7 Å². The second kappa shape index (κ2) is 6.48. The first-order chi connectivity index (χ1) is 7.34. The summed E-state index contributed by atoms with van der Waals surface area (Å²) >= 11 is 0. The van der Waals surface area contributed by atoms with E-state index in [2.05, 4.69) is 0 Å². The SMILES string of the molecule is CCCCOC(=O)[C@@](N)(CC(C)C)C(=O)O. The van der Waals surface area contributed by atoms with Gasteiger partial charge in [-0.1, -0.05) is 27.2 Å². The first-order valence-corrected chi connectivity index (χ1v) is 5.54. The Hall–Kier alpha value is -1.10. The first-order valence-electron chi connectivity index (χ1n) is 5.54. The molecule has 0 aromatic rings. The molecule has 16 heavy (non-hydrogen) atoms. The number of hydrogen-bond donors (Lipinski definition) is 2. The molecule has 5 nitrogen and oxygen atoms in total. The Bertz CT molecular complexity index is 252. The lowest BCUT2D eigenvalue weighted by Crippen LogP contribution is -2.56. The summed E-state index contributed by atoms with van der Waals surface area (Å²) in [5, 5.41) is 8.98. The van der Waals surface area contributed by atoms with E-state index in [0.717, 1.165) is 6.42 Å². The highest BCUT2D eigenvalue weighted by molar-refractivity contribution is 6.03. The van der Waals surface area contributed by atoms with Gasteiger partial charge < -0.3 is 15.6 Å². The van der Waals surface area contributed by atoms with E-state index in [-0.39, 0.29) is 18.9 Å². The van der Waals surface area contributed by atoms with Gasteiger partial charge in [0.05, 0.1) is 6.61 Å². The van der Waals surface area contributed by atoms with E-state index in [1.165, 1.54) is 0 Å². The summed E-state index contributed by atoms with van der Waals surface area (Å²) < 4.78 is 4.86. The summed E-state index contributed by atoms with van der Waals surface area (Å²) in [5.41, 5.74) is 3.68. The minimum absolute atomic E-state index is 0.0137. The van der Waals surface area contributed by atoms with Crippen molar-refractivity contribution >= 4 is 11.9 Å². The summed E-state index contributed by atoms with van der Waals surface area (Å²) in [7, 11) is 0. The van der Waals surface area contributed by atoms with Crippen LogP contribution in [0.2, 0.25) is 0 Å². The fraction of sp³-hybridized carbons (Fsp3) is 0.818. The lowest BCUT2D eigenvalue weighted by Gasteiger charge is -2.24. The van der Waals surface area contributed by atoms with Crippen LogP contribution in [0.25, 0.3) is 0 Å². The van der Waals surface area contributed by atoms with E-state index in [9.17, 15) is 9.59 Å². The topological polar surface area (TPSA) is 89.6 Å². The molecule has 3 N–H and O–H groups in total. The summed E-state index contributed by atoms with van der Waals surface area (Å²) in [6.07, 6.45) is 1.67. The van der Waals surface area contributed by atoms with Crippen LogP contribution in [0.1, 0.15) is 40.0 Å². The van der Waals surface area contributed by atoms with E-state index < -0.39 is 17.5 Å². The summed E-state index contributed by atoms with van der Waals surface area (Å²) in [6, 6.07) is 0. The third-order valence-electron chi connectivity index (χ3n) is 2.21. The summed E-state index contributed by atoms with van der Waals surface area (Å²) in [4.78, 5) is 22.6. The molecule has 1 atom stereocenters. The fourth-order valence-corrected chi connectivity index (χ4v) is 1.34. The molecule has 0 radical (unpaired) electrons. The molecule has 0 amide bonds. The van der Waals surface area contributed by atoms with Crippen LogP contribution in [0.4, 0.5) is 0 Å². The zero-order valence-corrected chi connectivity index (χ0v) is 10.2. The summed E-state index contributed by atoms with van der Waals surface area (Å²) in [6.45, 7) is 5.79. The molecule has 94 valence electrons. The van der Waals surface area contributed by atoms with Crippen LogP contribution in [0.15, 0.2) is 0 Å². The van der Waals surface area contributed by atoms with Crippen molar-refractivity contribution in [3.8, 4) is 0 Å². The van der Waals surface area contributed by atoms with E-state index in [0.29, 0.717) is 6.42 Å². The third-order valence-corrected chi connectivity index (χ3v) is 2.21. The highest BCUT2D eigenvalue weighted by Gasteiger charge is 2.44. The van der Waals surface area contributed by atoms with Gasteiger partial charge in [-0.2, -0.15) is 0 Å². The largest absolute Gasteiger partial charge is 0.479 e. The predicted octanol–water partition coefficient (Wildman–Crippen LogP) is 1.16. The van der Waals surface area contributed by atoms with E-state index in [1.807, 2.05) is 20.8 Å². The van der Waals surface area contributed by atoms with E-state index >= 15 is 0 Å². The second-order valence-electron chi connectivity index (χ2n) is 4.36. The van der Waals surface area contributed by atoms with Gasteiger partial charge in [0.15, 0.2) is 0 Å². The maximum atomic E-state index is 11.6. The number of carboxylic acids is 1. The third kappa shape index (κ3) is 4.18. The van der Waals surface area contributed by atoms with Gasteiger partial charge in [0.1, 0.15) is 0 Å². The Balaban J connectivity index is 4.51. The number of hydrogen-bond acceptors (Lipinski definition) is 4. The van der Waals surface area contributed by atoms with Gasteiger partial charge in [0.2, 0.25) is 5.54 Å². The Morgan fingerprint density at radius 1 is 1.44 bits per heavy atom. The highest BCUT2D eigenvalue weighted by atomic mass is 16.5. The molecule has 0 aliphatic carbocycles. The van der Waals surface area contributed by atoms with Crippen molar-refractivity contribution in [2.45, 2.75) is 45.6 Å². The van der Waals surface area contributed by atoms with Crippen molar-refractivity contribution in [3.05, 3.63) is 0 Å². The molecule has 0 rings (SSSR count). The van der Waals surface area contributed by atoms with Crippen LogP contribution in [-0.4, -0.2) is 29.2 Å². The minimum Gasteiger partial charge on any atom is -0.479 e. The van der Waals surface area contributed by atoms with Gasteiger partial charge >= 0.3 is 11.9 Å². The molecule has 0 bridgehead atoms. The number of ether oxygens (including phenoxy) is 1. The van der Waals surface area contributed by atoms with Gasteiger partial charge in [-0.3, -0.25) is 0 Å². The number of carboxylic acid groups (broad SMARTS) is 1. The van der Waals surface area contributed by atoms with Crippen LogP contribution >= 0.6 is 0 Å². The van der Waals surface area contributed by atoms with Crippen LogP contribution in [0.3, 0.4) is 0 Å². The molecule has 0 unspecified atom stereocenters. The van der Waals surface area contributed by atoms with Crippen molar-refractivity contribution in [1.29, 1.82) is 0 Å². The second-order valence-corrected chi connectivity index (χ2v) is 4.36. The number of aliphatic carboxylic acids is 1. The van der Waals surface area contributed by atoms with Gasteiger partial charge in [0.25, 0.3) is 0 Å². The molecule has 0 saturated carbocycles. The zero-order chi connectivity index (χ0) is 12.8. The highest BCUT2D eigenvalue weighted by Crippen LogP contribution is 2.16. The molecule has 0 fully saturated rings. The van der Waals surface area contributed by atoms with Gasteiger partial charge in [-0.15, -0.1) is 0 Å². The average molecular weight is 231 g/mol. The average Bonchev–Trinajstić information content (AvgIpc) is 2.16. The maximum Gasteiger partial charge on any atom is 0.337 e. The fourth-order valence-electron chi connectivity index (χ4n) is 1.34. The normalized spacial score (nSPS) is 14.6. The number of carbonyl (C=O) groups excluding carboxylic acids is 1. The predicted molar refractivity (Wildman–Crippen MR) is 59.9 cm³/mol. The molecule has 0 heterocycles. The minimum atomic E-state index is -1.91. The van der Waals surface area contributed by atoms with Crippen LogP contribution in [0, 0.1) is 5.92 Å². The van der Waals surface area contributed by atoms with Crippen LogP contribution in [-0.2, 0) is 14.3 Å². The molecule has 0 aromatic heterocycles. The Morgan fingerprint density at radius 3 is 2.38 bits per heavy atom. The number of unbranched alkanes of at least 4 members (excludes halogenated alkanes) is 1. The van der Waals surface area contributed by atoms with Gasteiger partial charge in [-0.25, -0.2) is 9.59 Å². The molecule has 0 saturated heterocycles. The van der Waals surface area contributed by atoms with Crippen LogP contribution < -0.4 is 5.73 Å².